The minimum absolute atomic E-state index is 0.877. The van der Waals surface area contributed by atoms with E-state index in [0.717, 1.165) is 66.1 Å². The van der Waals surface area contributed by atoms with Gasteiger partial charge in [0.1, 0.15) is 22.3 Å². The highest BCUT2D eigenvalue weighted by atomic mass is 16.3. The predicted molar refractivity (Wildman–Crippen MR) is 218 cm³/mol. The number of fused-ring (bicyclic) bond motifs is 8. The first kappa shape index (κ1) is 28.9. The van der Waals surface area contributed by atoms with Gasteiger partial charge in [-0.1, -0.05) is 152 Å². The first-order valence-electron chi connectivity index (χ1n) is 17.8. The largest absolute Gasteiger partial charge is 0.456 e. The van der Waals surface area contributed by atoms with Gasteiger partial charge in [0.05, 0.1) is 0 Å². The zero-order valence-electron chi connectivity index (χ0n) is 28.1. The van der Waals surface area contributed by atoms with Crippen LogP contribution in [0.25, 0.3) is 110 Å². The van der Waals surface area contributed by atoms with Crippen molar-refractivity contribution in [1.29, 1.82) is 0 Å². The summed E-state index contributed by atoms with van der Waals surface area (Å²) in [5.74, 6) is 0. The fourth-order valence-corrected chi connectivity index (χ4v) is 8.50. The van der Waals surface area contributed by atoms with Gasteiger partial charge in [0, 0.05) is 27.1 Å². The first-order valence-corrected chi connectivity index (χ1v) is 17.8. The summed E-state index contributed by atoms with van der Waals surface area (Å²) in [6, 6.07) is 65.0. The Balaban J connectivity index is 1.18. The third-order valence-electron chi connectivity index (χ3n) is 10.7. The molecule has 0 N–H and O–H groups in total. The second-order valence-electron chi connectivity index (χ2n) is 13.5. The molecule has 0 radical (unpaired) electrons. The van der Waals surface area contributed by atoms with Gasteiger partial charge in [-0.3, -0.25) is 0 Å². The maximum Gasteiger partial charge on any atom is 0.136 e. The number of benzene rings is 9. The van der Waals surface area contributed by atoms with Crippen LogP contribution in [-0.2, 0) is 0 Å². The van der Waals surface area contributed by atoms with Crippen LogP contribution >= 0.6 is 0 Å². The van der Waals surface area contributed by atoms with E-state index in [0.29, 0.717) is 0 Å². The lowest BCUT2D eigenvalue weighted by Gasteiger charge is -2.18. The number of hydrogen-bond acceptors (Lipinski definition) is 2. The summed E-state index contributed by atoms with van der Waals surface area (Å²) in [6.45, 7) is 0. The molecule has 242 valence electrons. The van der Waals surface area contributed by atoms with Gasteiger partial charge in [0.15, 0.2) is 0 Å². The Kier molecular flexibility index (Phi) is 6.28. The summed E-state index contributed by atoms with van der Waals surface area (Å²) in [7, 11) is 0. The molecular weight excluding hydrogens is 633 g/mol. The van der Waals surface area contributed by atoms with E-state index >= 15 is 0 Å². The van der Waals surface area contributed by atoms with Crippen LogP contribution in [0.15, 0.2) is 191 Å². The van der Waals surface area contributed by atoms with Crippen LogP contribution in [0.4, 0.5) is 0 Å². The lowest BCUT2D eigenvalue weighted by Crippen LogP contribution is -1.91. The maximum atomic E-state index is 6.47. The SMILES string of the molecule is c1ccc(-c2c3ccccc3c(-c3ccc(-c4c(-c5cccc6oc7ccccc7c56)ccc5oc6ccccc6c45)cc3)c3ccccc23)cc1. The number of hydrogen-bond donors (Lipinski definition) is 0. The van der Waals surface area contributed by atoms with Crippen molar-refractivity contribution >= 4 is 65.4 Å². The average Bonchev–Trinajstić information content (AvgIpc) is 3.79. The summed E-state index contributed by atoms with van der Waals surface area (Å²) in [6.07, 6.45) is 0. The molecule has 2 nitrogen and oxygen atoms in total. The highest BCUT2D eigenvalue weighted by Crippen LogP contribution is 2.48. The Hall–Kier alpha value is -6.90. The predicted octanol–water partition coefficient (Wildman–Crippen LogP) is 14.5. The van der Waals surface area contributed by atoms with Crippen molar-refractivity contribution in [1.82, 2.24) is 0 Å². The molecule has 9 aromatic carbocycles. The van der Waals surface area contributed by atoms with Crippen molar-refractivity contribution in [3.8, 4) is 44.5 Å². The highest BCUT2D eigenvalue weighted by molar-refractivity contribution is 6.22. The van der Waals surface area contributed by atoms with Gasteiger partial charge in [-0.2, -0.15) is 0 Å². The minimum atomic E-state index is 0.877. The van der Waals surface area contributed by atoms with Crippen molar-refractivity contribution < 1.29 is 8.83 Å². The molecule has 0 aliphatic carbocycles. The summed E-state index contributed by atoms with van der Waals surface area (Å²) in [5, 5.41) is 9.46. The summed E-state index contributed by atoms with van der Waals surface area (Å²) in [4.78, 5) is 0. The summed E-state index contributed by atoms with van der Waals surface area (Å²) < 4.78 is 12.8. The van der Waals surface area contributed by atoms with Crippen molar-refractivity contribution in [2.45, 2.75) is 0 Å². The van der Waals surface area contributed by atoms with E-state index in [1.165, 1.54) is 43.8 Å². The molecule has 2 heterocycles. The van der Waals surface area contributed by atoms with Crippen molar-refractivity contribution in [2.75, 3.05) is 0 Å². The molecule has 0 saturated heterocycles. The first-order chi connectivity index (χ1) is 25.8. The second-order valence-corrected chi connectivity index (χ2v) is 13.5. The molecule has 2 heteroatoms. The molecule has 0 aliphatic heterocycles. The van der Waals surface area contributed by atoms with E-state index < -0.39 is 0 Å². The van der Waals surface area contributed by atoms with Gasteiger partial charge in [0.2, 0.25) is 0 Å². The van der Waals surface area contributed by atoms with Gasteiger partial charge in [-0.25, -0.2) is 0 Å². The Labute approximate surface area is 299 Å². The zero-order valence-corrected chi connectivity index (χ0v) is 28.1. The van der Waals surface area contributed by atoms with Crippen LogP contribution in [0.2, 0.25) is 0 Å². The van der Waals surface area contributed by atoms with E-state index in [1.807, 2.05) is 18.2 Å². The average molecular weight is 663 g/mol. The quantitative estimate of drug-likeness (QED) is 0.175. The third-order valence-corrected chi connectivity index (χ3v) is 10.7. The number of furan rings is 2. The fraction of sp³-hybridized carbons (Fsp3) is 0. The van der Waals surface area contributed by atoms with Gasteiger partial charge < -0.3 is 8.83 Å². The van der Waals surface area contributed by atoms with Crippen LogP contribution in [-0.4, -0.2) is 0 Å². The molecule has 11 rings (SSSR count). The van der Waals surface area contributed by atoms with Crippen LogP contribution < -0.4 is 0 Å². The molecule has 0 amide bonds. The monoisotopic (exact) mass is 662 g/mol. The standard InChI is InChI=1S/C50H30O2/c1-2-13-31(14-3-1)46-34-15-4-6-17-36(34)47(37-18-7-5-16-35(37)46)32-25-27-33(28-26-32)48-39(29-30-45-50(48)41-20-9-11-23-43(41)52-45)38-21-12-24-44-49(38)40-19-8-10-22-42(40)51-44/h1-30H. The Morgan fingerprint density at radius 3 is 1.23 bits per heavy atom. The van der Waals surface area contributed by atoms with E-state index in [9.17, 15) is 0 Å². The normalized spacial score (nSPS) is 11.8. The molecule has 0 spiro atoms. The number of rotatable bonds is 4. The molecular formula is C50H30O2. The Bertz CT molecular complexity index is 3100. The van der Waals surface area contributed by atoms with Crippen molar-refractivity contribution in [3.63, 3.8) is 0 Å². The minimum Gasteiger partial charge on any atom is -0.456 e. The van der Waals surface area contributed by atoms with Crippen LogP contribution in [0, 0.1) is 0 Å². The molecule has 52 heavy (non-hydrogen) atoms. The number of para-hydroxylation sites is 2. The van der Waals surface area contributed by atoms with Gasteiger partial charge >= 0.3 is 0 Å². The smallest absolute Gasteiger partial charge is 0.136 e. The lowest BCUT2D eigenvalue weighted by atomic mass is 9.85. The lowest BCUT2D eigenvalue weighted by molar-refractivity contribution is 0.669. The molecule has 0 saturated carbocycles. The topological polar surface area (TPSA) is 26.3 Å². The van der Waals surface area contributed by atoms with Gasteiger partial charge in [0.25, 0.3) is 0 Å². The third kappa shape index (κ3) is 4.25. The molecule has 0 bridgehead atoms. The molecule has 0 unspecified atom stereocenters. The Morgan fingerprint density at radius 2 is 0.654 bits per heavy atom. The molecule has 11 aromatic rings. The Morgan fingerprint density at radius 1 is 0.231 bits per heavy atom. The molecule has 2 aromatic heterocycles. The maximum absolute atomic E-state index is 6.47. The zero-order chi connectivity index (χ0) is 34.2. The van der Waals surface area contributed by atoms with E-state index in [2.05, 4.69) is 164 Å². The van der Waals surface area contributed by atoms with Crippen LogP contribution in [0.1, 0.15) is 0 Å². The molecule has 0 atom stereocenters. The highest BCUT2D eigenvalue weighted by Gasteiger charge is 2.22. The summed E-state index contributed by atoms with van der Waals surface area (Å²) in [5.41, 5.74) is 13.0. The second kappa shape index (κ2) is 11.3. The molecule has 0 fully saturated rings. The van der Waals surface area contributed by atoms with Crippen molar-refractivity contribution in [3.05, 3.63) is 182 Å². The van der Waals surface area contributed by atoms with Gasteiger partial charge in [-0.15, -0.1) is 0 Å². The van der Waals surface area contributed by atoms with Crippen LogP contribution in [0.3, 0.4) is 0 Å². The van der Waals surface area contributed by atoms with E-state index in [1.54, 1.807) is 0 Å². The summed E-state index contributed by atoms with van der Waals surface area (Å²) >= 11 is 0. The van der Waals surface area contributed by atoms with Gasteiger partial charge in [-0.05, 0) is 90.8 Å². The van der Waals surface area contributed by atoms with Crippen LogP contribution in [0.5, 0.6) is 0 Å². The molecule has 0 aliphatic rings. The fourth-order valence-electron chi connectivity index (χ4n) is 8.50. The van der Waals surface area contributed by atoms with Crippen molar-refractivity contribution in [2.24, 2.45) is 0 Å². The van der Waals surface area contributed by atoms with E-state index in [4.69, 9.17) is 8.83 Å². The van der Waals surface area contributed by atoms with E-state index in [-0.39, 0.29) is 0 Å².